The summed E-state index contributed by atoms with van der Waals surface area (Å²) in [6, 6.07) is 12.0. The minimum absolute atomic E-state index is 0.0979. The Bertz CT molecular complexity index is 1150. The Morgan fingerprint density at radius 1 is 0.500 bits per heavy atom. The van der Waals surface area contributed by atoms with Crippen molar-refractivity contribution in [1.82, 2.24) is 0 Å². The molecule has 0 spiro atoms. The topological polar surface area (TPSA) is 197 Å². The molecular formula is C18H12N6O8. The van der Waals surface area contributed by atoms with Gasteiger partial charge in [-0.05, 0) is 24.3 Å². The Kier molecular flexibility index (Phi) is 5.86. The molecule has 162 valence electrons. The minimum atomic E-state index is -0.691. The van der Waals surface area contributed by atoms with Gasteiger partial charge in [0, 0.05) is 47.8 Å². The van der Waals surface area contributed by atoms with Crippen molar-refractivity contribution >= 4 is 45.5 Å². The summed E-state index contributed by atoms with van der Waals surface area (Å²) in [6.45, 7) is 0. The van der Waals surface area contributed by atoms with Gasteiger partial charge >= 0.3 is 0 Å². The van der Waals surface area contributed by atoms with Gasteiger partial charge in [-0.2, -0.15) is 0 Å². The third-order valence-corrected chi connectivity index (χ3v) is 4.22. The van der Waals surface area contributed by atoms with Crippen molar-refractivity contribution in [1.29, 1.82) is 0 Å². The highest BCUT2D eigenvalue weighted by Gasteiger charge is 2.20. The molecule has 0 unspecified atom stereocenters. The molecule has 14 nitrogen and oxygen atoms in total. The van der Waals surface area contributed by atoms with Crippen molar-refractivity contribution in [3.8, 4) is 0 Å². The molecule has 0 aliphatic rings. The van der Waals surface area contributed by atoms with Crippen LogP contribution < -0.4 is 10.6 Å². The first-order valence-corrected chi connectivity index (χ1v) is 8.65. The monoisotopic (exact) mass is 440 g/mol. The van der Waals surface area contributed by atoms with Gasteiger partial charge in [-0.3, -0.25) is 40.5 Å². The second-order valence-corrected chi connectivity index (χ2v) is 6.26. The van der Waals surface area contributed by atoms with Crippen molar-refractivity contribution in [3.05, 3.63) is 101 Å². The molecule has 32 heavy (non-hydrogen) atoms. The Balaban J connectivity index is 1.87. The molecule has 0 heterocycles. The van der Waals surface area contributed by atoms with E-state index < -0.39 is 19.7 Å². The molecule has 0 aliphatic carbocycles. The highest BCUT2D eigenvalue weighted by Crippen LogP contribution is 2.34. The van der Waals surface area contributed by atoms with Crippen LogP contribution in [0.4, 0.5) is 45.5 Å². The van der Waals surface area contributed by atoms with Crippen LogP contribution in [0.2, 0.25) is 0 Å². The number of hydrogen-bond donors (Lipinski definition) is 2. The highest BCUT2D eigenvalue weighted by atomic mass is 16.6. The van der Waals surface area contributed by atoms with Crippen molar-refractivity contribution in [2.24, 2.45) is 0 Å². The van der Waals surface area contributed by atoms with Crippen LogP contribution >= 0.6 is 0 Å². The second-order valence-electron chi connectivity index (χ2n) is 6.26. The van der Waals surface area contributed by atoms with E-state index in [9.17, 15) is 40.5 Å². The standard InChI is InChI=1S/C18H12N6O8/c25-21(26)13-5-7-17(23(29)30)15(9-13)19-11-1-2-12(4-3-11)20-16-10-14(22(27)28)6-8-18(16)24(31)32/h1-10,19-20H. The first-order valence-electron chi connectivity index (χ1n) is 8.65. The van der Waals surface area contributed by atoms with Gasteiger partial charge in [-0.25, -0.2) is 0 Å². The zero-order valence-electron chi connectivity index (χ0n) is 15.8. The van der Waals surface area contributed by atoms with E-state index in [4.69, 9.17) is 0 Å². The maximum Gasteiger partial charge on any atom is 0.293 e. The molecule has 0 saturated carbocycles. The lowest BCUT2D eigenvalue weighted by atomic mass is 10.2. The summed E-state index contributed by atoms with van der Waals surface area (Å²) in [4.78, 5) is 41.5. The maximum absolute atomic E-state index is 11.2. The Labute approximate surface area is 177 Å². The van der Waals surface area contributed by atoms with Gasteiger partial charge in [0.25, 0.3) is 22.7 Å². The summed E-state index contributed by atoms with van der Waals surface area (Å²) in [5.74, 6) is 0. The quantitative estimate of drug-likeness (QED) is 0.362. The van der Waals surface area contributed by atoms with Gasteiger partial charge in [-0.1, -0.05) is 0 Å². The molecule has 0 radical (unpaired) electrons. The minimum Gasteiger partial charge on any atom is -0.350 e. The lowest BCUT2D eigenvalue weighted by molar-refractivity contribution is -0.388. The van der Waals surface area contributed by atoms with Gasteiger partial charge in [0.2, 0.25) is 0 Å². The van der Waals surface area contributed by atoms with E-state index in [1.165, 1.54) is 24.3 Å². The number of nitrogens with one attached hydrogen (secondary N) is 2. The number of anilines is 4. The number of nitro benzene ring substituents is 4. The SMILES string of the molecule is O=[N+]([O-])c1ccc([N+](=O)[O-])c(Nc2ccc(Nc3cc([N+](=O)[O-])ccc3[N+](=O)[O-])cc2)c1. The molecule has 3 rings (SSSR count). The fourth-order valence-corrected chi connectivity index (χ4v) is 2.74. The lowest BCUT2D eigenvalue weighted by Gasteiger charge is -2.10. The number of hydrogen-bond acceptors (Lipinski definition) is 10. The zero-order valence-corrected chi connectivity index (χ0v) is 15.8. The number of nitrogens with zero attached hydrogens (tertiary/aromatic N) is 4. The second kappa shape index (κ2) is 8.70. The molecular weight excluding hydrogens is 428 g/mol. The molecule has 14 heteroatoms. The van der Waals surface area contributed by atoms with Gasteiger partial charge in [0.05, 0.1) is 19.7 Å². The Hall–Kier alpha value is -5.14. The van der Waals surface area contributed by atoms with E-state index in [1.54, 1.807) is 0 Å². The highest BCUT2D eigenvalue weighted by molar-refractivity contribution is 5.75. The van der Waals surface area contributed by atoms with Gasteiger partial charge in [0.1, 0.15) is 11.4 Å². The average molecular weight is 440 g/mol. The molecule has 0 atom stereocenters. The Morgan fingerprint density at radius 3 is 1.12 bits per heavy atom. The molecule has 0 saturated heterocycles. The normalized spacial score (nSPS) is 10.2. The van der Waals surface area contributed by atoms with E-state index in [2.05, 4.69) is 10.6 Å². The largest absolute Gasteiger partial charge is 0.350 e. The summed E-state index contributed by atoms with van der Waals surface area (Å²) in [5, 5.41) is 49.7. The van der Waals surface area contributed by atoms with Crippen LogP contribution in [0.3, 0.4) is 0 Å². The van der Waals surface area contributed by atoms with Crippen molar-refractivity contribution < 1.29 is 19.7 Å². The summed E-state index contributed by atoms with van der Waals surface area (Å²) >= 11 is 0. The molecule has 0 bridgehead atoms. The summed E-state index contributed by atoms with van der Waals surface area (Å²) in [6.07, 6.45) is 0. The molecule has 0 amide bonds. The molecule has 0 aromatic heterocycles. The molecule has 3 aromatic carbocycles. The number of nitro groups is 4. The van der Waals surface area contributed by atoms with Crippen LogP contribution in [0.1, 0.15) is 0 Å². The van der Waals surface area contributed by atoms with E-state index in [0.29, 0.717) is 11.4 Å². The van der Waals surface area contributed by atoms with Crippen LogP contribution in [0, 0.1) is 40.5 Å². The molecule has 3 aromatic rings. The smallest absolute Gasteiger partial charge is 0.293 e. The summed E-state index contributed by atoms with van der Waals surface area (Å²) in [7, 11) is 0. The van der Waals surface area contributed by atoms with Crippen LogP contribution in [0.5, 0.6) is 0 Å². The third-order valence-electron chi connectivity index (χ3n) is 4.22. The van der Waals surface area contributed by atoms with Gasteiger partial charge < -0.3 is 10.6 Å². The van der Waals surface area contributed by atoms with Crippen LogP contribution in [0.25, 0.3) is 0 Å². The zero-order chi connectivity index (χ0) is 23.4. The predicted octanol–water partition coefficient (Wildman–Crippen LogP) is 4.81. The first kappa shape index (κ1) is 21.6. The van der Waals surface area contributed by atoms with Crippen molar-refractivity contribution in [2.75, 3.05) is 10.6 Å². The molecule has 2 N–H and O–H groups in total. The number of rotatable bonds is 8. The number of non-ortho nitro benzene ring substituents is 2. The fourth-order valence-electron chi connectivity index (χ4n) is 2.74. The molecule has 0 fully saturated rings. The average Bonchev–Trinajstić information content (AvgIpc) is 2.74. The van der Waals surface area contributed by atoms with E-state index in [1.807, 2.05) is 0 Å². The van der Waals surface area contributed by atoms with Gasteiger partial charge in [-0.15, -0.1) is 0 Å². The maximum atomic E-state index is 11.2. The number of benzene rings is 3. The van der Waals surface area contributed by atoms with E-state index in [-0.39, 0.29) is 34.1 Å². The first-order chi connectivity index (χ1) is 15.2. The fraction of sp³-hybridized carbons (Fsp3) is 0. The summed E-state index contributed by atoms with van der Waals surface area (Å²) < 4.78 is 0. The van der Waals surface area contributed by atoms with Crippen molar-refractivity contribution in [2.45, 2.75) is 0 Å². The third kappa shape index (κ3) is 4.70. The van der Waals surface area contributed by atoms with Gasteiger partial charge in [0.15, 0.2) is 0 Å². The van der Waals surface area contributed by atoms with Crippen molar-refractivity contribution in [3.63, 3.8) is 0 Å². The lowest BCUT2D eigenvalue weighted by Crippen LogP contribution is -2.00. The van der Waals surface area contributed by atoms with E-state index >= 15 is 0 Å². The molecule has 0 aliphatic heterocycles. The van der Waals surface area contributed by atoms with E-state index in [0.717, 1.165) is 36.4 Å². The van der Waals surface area contributed by atoms with Crippen LogP contribution in [-0.2, 0) is 0 Å². The van der Waals surface area contributed by atoms with Crippen LogP contribution in [-0.4, -0.2) is 19.7 Å². The summed E-state index contributed by atoms with van der Waals surface area (Å²) in [5.41, 5.74) is -0.933. The predicted molar refractivity (Wildman–Crippen MR) is 113 cm³/mol. The Morgan fingerprint density at radius 2 is 0.844 bits per heavy atom. The van der Waals surface area contributed by atoms with Crippen LogP contribution in [0.15, 0.2) is 60.7 Å².